The zero-order valence-electron chi connectivity index (χ0n) is 14.9. The second-order valence-corrected chi connectivity index (χ2v) is 5.12. The molecule has 6 heteroatoms. The Hall–Kier alpha value is -0.807. The molecule has 23 heavy (non-hydrogen) atoms. The Morgan fingerprint density at radius 2 is 1.48 bits per heavy atom. The summed E-state index contributed by atoms with van der Waals surface area (Å²) in [5.41, 5.74) is 1.41. The fraction of sp³-hybridized carbons (Fsp3) is 0.588. The van der Waals surface area contributed by atoms with E-state index in [1.165, 1.54) is 24.8 Å². The molecule has 0 aromatic heterocycles. The van der Waals surface area contributed by atoms with E-state index in [9.17, 15) is 4.79 Å². The van der Waals surface area contributed by atoms with Crippen molar-refractivity contribution in [2.75, 3.05) is 0 Å². The molecule has 0 spiro atoms. The van der Waals surface area contributed by atoms with Gasteiger partial charge in [0, 0.05) is 25.9 Å². The molecule has 0 amide bonds. The molecule has 0 aliphatic carbocycles. The number of hydrogen-bond donors (Lipinski definition) is 4. The Kier molecular flexibility index (Phi) is 30.7. The first-order chi connectivity index (χ1) is 10.1. The maximum atomic E-state index is 10.0. The van der Waals surface area contributed by atoms with Gasteiger partial charge < -0.3 is 11.3 Å². The molecule has 6 N–H and O–H groups in total. The maximum absolute atomic E-state index is 10.0. The molecule has 0 fully saturated rings. The quantitative estimate of drug-likeness (QED) is 0.218. The van der Waals surface area contributed by atoms with Gasteiger partial charge in [0.1, 0.15) is 0 Å². The maximum Gasteiger partial charge on any atom is 0.303 e. The van der Waals surface area contributed by atoms with Crippen molar-refractivity contribution < 1.29 is 39.9 Å². The van der Waals surface area contributed by atoms with Gasteiger partial charge in [-0.25, -0.2) is 0 Å². The van der Waals surface area contributed by atoms with Gasteiger partial charge in [-0.15, -0.1) is 0 Å². The molecular formula is C17H33NO4Zn. The first-order valence-corrected chi connectivity index (χ1v) is 7.54. The van der Waals surface area contributed by atoms with Gasteiger partial charge in [-0.1, -0.05) is 76.8 Å². The molecule has 0 radical (unpaired) electrons. The molecule has 132 valence electrons. The van der Waals surface area contributed by atoms with Crippen molar-refractivity contribution in [1.29, 1.82) is 0 Å². The number of unbranched alkanes of at least 4 members (excludes halogenated alkanes) is 4. The van der Waals surface area contributed by atoms with Crippen molar-refractivity contribution >= 4 is 5.97 Å². The van der Waals surface area contributed by atoms with Crippen LogP contribution in [0.2, 0.25) is 0 Å². The number of hydrogen-bond acceptors (Lipinski definition) is 4. The summed E-state index contributed by atoms with van der Waals surface area (Å²) in [6.07, 6.45) is 5.88. The number of benzene rings is 1. The molecule has 0 aliphatic rings. The van der Waals surface area contributed by atoms with Crippen LogP contribution in [0.1, 0.15) is 70.8 Å². The average Bonchev–Trinajstić information content (AvgIpc) is 2.50. The summed E-state index contributed by atoms with van der Waals surface area (Å²) in [4.78, 5) is 10.0. The largest absolute Gasteiger partial charge is 0.481 e. The van der Waals surface area contributed by atoms with Crippen LogP contribution in [0, 0.1) is 0 Å². The molecule has 0 saturated carbocycles. The Bertz CT molecular complexity index is 335. The van der Waals surface area contributed by atoms with E-state index in [1.807, 2.05) is 6.07 Å². The zero-order valence-corrected chi connectivity index (χ0v) is 17.8. The van der Waals surface area contributed by atoms with Crippen molar-refractivity contribution in [2.45, 2.75) is 65.2 Å². The molecule has 1 aromatic carbocycles. The Labute approximate surface area is 153 Å². The molecule has 0 aliphatic heterocycles. The van der Waals surface area contributed by atoms with Crippen LogP contribution < -0.4 is 6.15 Å². The SMILES string of the molecule is CC(C)c1ccccc1.CCCCCCCC(=O)O.N.OO.[Zn]. The number of carbonyl (C=O) groups is 1. The Morgan fingerprint density at radius 1 is 1.00 bits per heavy atom. The van der Waals surface area contributed by atoms with Gasteiger partial charge in [-0.3, -0.25) is 15.3 Å². The summed E-state index contributed by atoms with van der Waals surface area (Å²) in [5.74, 6) is -0.0114. The van der Waals surface area contributed by atoms with Crippen molar-refractivity contribution in [3.05, 3.63) is 35.9 Å². The fourth-order valence-electron chi connectivity index (χ4n) is 1.72. The molecule has 0 heterocycles. The van der Waals surface area contributed by atoms with E-state index in [2.05, 4.69) is 45.0 Å². The van der Waals surface area contributed by atoms with Gasteiger partial charge in [0.2, 0.25) is 0 Å². The van der Waals surface area contributed by atoms with E-state index in [1.54, 1.807) is 0 Å². The van der Waals surface area contributed by atoms with Crippen LogP contribution in [-0.4, -0.2) is 21.6 Å². The summed E-state index contributed by atoms with van der Waals surface area (Å²) < 4.78 is 0. The number of rotatable bonds is 7. The van der Waals surface area contributed by atoms with Crippen molar-refractivity contribution in [3.63, 3.8) is 0 Å². The summed E-state index contributed by atoms with van der Waals surface area (Å²) >= 11 is 0. The van der Waals surface area contributed by atoms with Gasteiger partial charge >= 0.3 is 5.97 Å². The Morgan fingerprint density at radius 3 is 1.83 bits per heavy atom. The molecule has 0 bridgehead atoms. The van der Waals surface area contributed by atoms with Gasteiger partial charge in [0.05, 0.1) is 0 Å². The summed E-state index contributed by atoms with van der Waals surface area (Å²) in [7, 11) is 0. The monoisotopic (exact) mass is 379 g/mol. The third-order valence-corrected chi connectivity index (χ3v) is 2.96. The van der Waals surface area contributed by atoms with Crippen molar-refractivity contribution in [3.8, 4) is 0 Å². The predicted octanol–water partition coefficient (Wildman–Crippen LogP) is 5.42. The second-order valence-electron chi connectivity index (χ2n) is 5.12. The van der Waals surface area contributed by atoms with E-state index in [0.717, 1.165) is 12.8 Å². The number of carboxylic acids is 1. The van der Waals surface area contributed by atoms with E-state index >= 15 is 0 Å². The van der Waals surface area contributed by atoms with Crippen LogP contribution in [-0.2, 0) is 24.3 Å². The fourth-order valence-corrected chi connectivity index (χ4v) is 1.72. The van der Waals surface area contributed by atoms with Gasteiger partial charge in [-0.2, -0.15) is 0 Å². The third-order valence-electron chi connectivity index (χ3n) is 2.96. The minimum atomic E-state index is -0.670. The van der Waals surface area contributed by atoms with E-state index < -0.39 is 5.97 Å². The molecule has 5 nitrogen and oxygen atoms in total. The molecule has 1 rings (SSSR count). The van der Waals surface area contributed by atoms with Gasteiger partial charge in [-0.05, 0) is 17.9 Å². The topological polar surface area (TPSA) is 113 Å². The summed E-state index contributed by atoms with van der Waals surface area (Å²) in [6.45, 7) is 6.56. The predicted molar refractivity (Wildman–Crippen MR) is 91.8 cm³/mol. The van der Waals surface area contributed by atoms with Crippen LogP contribution in [0.5, 0.6) is 0 Å². The third kappa shape index (κ3) is 23.6. The van der Waals surface area contributed by atoms with Crippen molar-refractivity contribution in [2.24, 2.45) is 0 Å². The molecule has 0 unspecified atom stereocenters. The van der Waals surface area contributed by atoms with Crippen molar-refractivity contribution in [1.82, 2.24) is 6.15 Å². The summed E-state index contributed by atoms with van der Waals surface area (Å²) in [5, 5.41) is 20.3. The van der Waals surface area contributed by atoms with Crippen LogP contribution in [0.15, 0.2) is 30.3 Å². The summed E-state index contributed by atoms with van der Waals surface area (Å²) in [6, 6.07) is 10.5. The molecule has 0 saturated heterocycles. The van der Waals surface area contributed by atoms with E-state index in [-0.39, 0.29) is 25.6 Å². The normalized spacial score (nSPS) is 8.43. The van der Waals surface area contributed by atoms with Crippen LogP contribution >= 0.6 is 0 Å². The van der Waals surface area contributed by atoms with Crippen LogP contribution in [0.4, 0.5) is 0 Å². The number of aliphatic carboxylic acids is 1. The number of carboxylic acid groups (broad SMARTS) is 1. The minimum Gasteiger partial charge on any atom is -0.481 e. The zero-order chi connectivity index (χ0) is 16.5. The standard InChI is InChI=1S/C9H12.C8H16O2.H3N.H2O2.Zn/c1-8(2)9-6-4-3-5-7-9;1-2-3-4-5-6-7-8(9)10;;1-2;/h3-8H,1-2H3;2-7H2,1H3,(H,9,10);1H3;1-2H;. The molecule has 1 aromatic rings. The minimum absolute atomic E-state index is 0. The van der Waals surface area contributed by atoms with Crippen LogP contribution in [0.3, 0.4) is 0 Å². The smallest absolute Gasteiger partial charge is 0.303 e. The van der Waals surface area contributed by atoms with Gasteiger partial charge in [0.15, 0.2) is 0 Å². The Balaban J connectivity index is -0.000000131. The second kappa shape index (κ2) is 23.5. The first-order valence-electron chi connectivity index (χ1n) is 7.54. The van der Waals surface area contributed by atoms with E-state index in [4.69, 9.17) is 15.6 Å². The average molecular weight is 381 g/mol. The van der Waals surface area contributed by atoms with E-state index in [0.29, 0.717) is 12.3 Å². The first kappa shape index (κ1) is 30.1. The van der Waals surface area contributed by atoms with Gasteiger partial charge in [0.25, 0.3) is 0 Å². The van der Waals surface area contributed by atoms with Crippen LogP contribution in [0.25, 0.3) is 0 Å². The molecular weight excluding hydrogens is 348 g/mol. The molecule has 0 atom stereocenters.